The number of nitrogens with one attached hydrogen (secondary N) is 3. The highest BCUT2D eigenvalue weighted by Crippen LogP contribution is 2.28. The molecule has 27 heavy (non-hydrogen) atoms. The summed E-state index contributed by atoms with van der Waals surface area (Å²) < 4.78 is 13.1. The molecule has 0 saturated carbocycles. The second-order valence-electron chi connectivity index (χ2n) is 6.55. The minimum Gasteiger partial charge on any atom is -0.351 e. The first-order chi connectivity index (χ1) is 12.4. The Hall–Kier alpha value is -2.45. The topological polar surface area (TPSA) is 90.5 Å². The van der Waals surface area contributed by atoms with Crippen molar-refractivity contribution in [2.75, 3.05) is 26.2 Å². The van der Waals surface area contributed by atoms with Gasteiger partial charge in [-0.15, -0.1) is 12.4 Å². The number of benzene rings is 1. The average molecular weight is 397 g/mol. The van der Waals surface area contributed by atoms with Crippen molar-refractivity contribution in [2.45, 2.75) is 18.9 Å². The van der Waals surface area contributed by atoms with E-state index in [9.17, 15) is 18.8 Å². The number of nitrogens with zero attached hydrogens (tertiary/aromatic N) is 1. The maximum atomic E-state index is 13.1. The Bertz CT molecular complexity index is 768. The molecule has 0 bridgehead atoms. The molecule has 2 aliphatic heterocycles. The van der Waals surface area contributed by atoms with E-state index in [0.29, 0.717) is 12.1 Å². The van der Waals surface area contributed by atoms with E-state index in [1.807, 2.05) is 6.08 Å². The molecule has 2 heterocycles. The molecule has 7 nitrogen and oxygen atoms in total. The molecule has 1 atom stereocenters. The lowest BCUT2D eigenvalue weighted by Gasteiger charge is -2.22. The monoisotopic (exact) mass is 396 g/mol. The Morgan fingerprint density at radius 2 is 2.00 bits per heavy atom. The van der Waals surface area contributed by atoms with E-state index in [4.69, 9.17) is 0 Å². The van der Waals surface area contributed by atoms with E-state index < -0.39 is 29.2 Å². The summed E-state index contributed by atoms with van der Waals surface area (Å²) in [7, 11) is 0. The number of carbonyl (C=O) groups excluding carboxylic acids is 3. The molecule has 1 aromatic carbocycles. The highest BCUT2D eigenvalue weighted by molar-refractivity contribution is 6.09. The third-order valence-electron chi connectivity index (χ3n) is 4.67. The zero-order valence-corrected chi connectivity index (χ0v) is 15.7. The minimum atomic E-state index is -1.32. The highest BCUT2D eigenvalue weighted by atomic mass is 35.5. The maximum absolute atomic E-state index is 13.1. The molecule has 3 rings (SSSR count). The third kappa shape index (κ3) is 4.45. The number of carbonyl (C=O) groups is 3. The molecule has 0 aliphatic carbocycles. The van der Waals surface area contributed by atoms with Crippen LogP contribution in [-0.2, 0) is 15.1 Å². The number of hydrogen-bond acceptors (Lipinski definition) is 4. The van der Waals surface area contributed by atoms with Crippen LogP contribution in [0, 0.1) is 5.82 Å². The molecule has 146 valence electrons. The molecule has 1 unspecified atom stereocenters. The minimum absolute atomic E-state index is 0. The van der Waals surface area contributed by atoms with Crippen molar-refractivity contribution in [1.29, 1.82) is 0 Å². The van der Waals surface area contributed by atoms with Crippen molar-refractivity contribution in [1.82, 2.24) is 20.9 Å². The van der Waals surface area contributed by atoms with Gasteiger partial charge in [-0.25, -0.2) is 9.18 Å². The molecule has 4 amide bonds. The second-order valence-corrected chi connectivity index (χ2v) is 6.55. The lowest BCUT2D eigenvalue weighted by molar-refractivity contribution is -0.134. The predicted octanol–water partition coefficient (Wildman–Crippen LogP) is 1.05. The summed E-state index contributed by atoms with van der Waals surface area (Å²) in [6.07, 6.45) is 2.87. The number of halogens is 2. The number of imide groups is 1. The van der Waals surface area contributed by atoms with Gasteiger partial charge >= 0.3 is 6.03 Å². The lowest BCUT2D eigenvalue weighted by atomic mass is 9.92. The van der Waals surface area contributed by atoms with Gasteiger partial charge in [0.2, 0.25) is 5.91 Å². The van der Waals surface area contributed by atoms with Gasteiger partial charge in [-0.2, -0.15) is 0 Å². The largest absolute Gasteiger partial charge is 0.351 e. The van der Waals surface area contributed by atoms with Gasteiger partial charge in [-0.3, -0.25) is 14.5 Å². The van der Waals surface area contributed by atoms with E-state index in [2.05, 4.69) is 16.0 Å². The van der Waals surface area contributed by atoms with Crippen LogP contribution >= 0.6 is 12.4 Å². The molecular formula is C18H22ClFN4O3. The molecule has 2 aliphatic rings. The quantitative estimate of drug-likeness (QED) is 0.512. The van der Waals surface area contributed by atoms with Crippen LogP contribution in [0.2, 0.25) is 0 Å². The average Bonchev–Trinajstić information content (AvgIpc) is 2.85. The van der Waals surface area contributed by atoms with Crippen LogP contribution in [0.15, 0.2) is 35.9 Å². The number of urea groups is 1. The van der Waals surface area contributed by atoms with Crippen LogP contribution in [0.1, 0.15) is 18.9 Å². The summed E-state index contributed by atoms with van der Waals surface area (Å²) in [6, 6.07) is 4.70. The predicted molar refractivity (Wildman–Crippen MR) is 99.8 cm³/mol. The molecular weight excluding hydrogens is 375 g/mol. The summed E-state index contributed by atoms with van der Waals surface area (Å²) in [5.74, 6) is -1.38. The molecule has 9 heteroatoms. The fraction of sp³-hybridized carbons (Fsp3) is 0.389. The Kier molecular flexibility index (Phi) is 6.56. The van der Waals surface area contributed by atoms with E-state index in [-0.39, 0.29) is 19.0 Å². The molecule has 0 spiro atoms. The molecule has 1 saturated heterocycles. The van der Waals surface area contributed by atoms with Gasteiger partial charge in [-0.1, -0.05) is 23.8 Å². The second kappa shape index (κ2) is 8.49. The summed E-state index contributed by atoms with van der Waals surface area (Å²) in [4.78, 5) is 37.9. The zero-order chi connectivity index (χ0) is 18.7. The Balaban J connectivity index is 0.00000261. The van der Waals surface area contributed by atoms with Gasteiger partial charge in [0.15, 0.2) is 0 Å². The first-order valence-electron chi connectivity index (χ1n) is 8.45. The SMILES string of the molecule is CC1(c2ccc(F)cc2)NC(=O)N(CC(=O)NCC2=CCNCC2)C1=O.Cl. The highest BCUT2D eigenvalue weighted by Gasteiger charge is 2.49. The van der Waals surface area contributed by atoms with Crippen LogP contribution in [0.3, 0.4) is 0 Å². The summed E-state index contributed by atoms with van der Waals surface area (Å²) in [6.45, 7) is 3.23. The fourth-order valence-electron chi connectivity index (χ4n) is 3.06. The molecule has 0 radical (unpaired) electrons. The van der Waals surface area contributed by atoms with Crippen molar-refractivity contribution in [3.63, 3.8) is 0 Å². The van der Waals surface area contributed by atoms with E-state index in [1.54, 1.807) is 0 Å². The summed E-state index contributed by atoms with van der Waals surface area (Å²) in [5, 5.41) is 8.51. The third-order valence-corrected chi connectivity index (χ3v) is 4.67. The molecule has 1 fully saturated rings. The van der Waals surface area contributed by atoms with Crippen molar-refractivity contribution in [3.05, 3.63) is 47.3 Å². The first-order valence-corrected chi connectivity index (χ1v) is 8.45. The Morgan fingerprint density at radius 1 is 1.30 bits per heavy atom. The van der Waals surface area contributed by atoms with E-state index in [0.717, 1.165) is 30.0 Å². The zero-order valence-electron chi connectivity index (χ0n) is 14.9. The van der Waals surface area contributed by atoms with Crippen LogP contribution in [0.25, 0.3) is 0 Å². The summed E-state index contributed by atoms with van der Waals surface area (Å²) in [5.41, 5.74) is 0.258. The summed E-state index contributed by atoms with van der Waals surface area (Å²) >= 11 is 0. The molecule has 1 aromatic rings. The van der Waals surface area contributed by atoms with Crippen LogP contribution in [0.5, 0.6) is 0 Å². The lowest BCUT2D eigenvalue weighted by Crippen LogP contribution is -2.43. The van der Waals surface area contributed by atoms with Crippen LogP contribution in [0.4, 0.5) is 9.18 Å². The van der Waals surface area contributed by atoms with Gasteiger partial charge in [0.05, 0.1) is 0 Å². The van der Waals surface area contributed by atoms with Crippen molar-refractivity contribution >= 4 is 30.3 Å². The number of rotatable bonds is 5. The van der Waals surface area contributed by atoms with Crippen molar-refractivity contribution in [3.8, 4) is 0 Å². The number of hydrogen-bond donors (Lipinski definition) is 3. The first kappa shape index (κ1) is 20.9. The normalized spacial score (nSPS) is 22.0. The van der Waals surface area contributed by atoms with E-state index in [1.165, 1.54) is 31.2 Å². The van der Waals surface area contributed by atoms with Crippen molar-refractivity contribution < 1.29 is 18.8 Å². The fourth-order valence-corrected chi connectivity index (χ4v) is 3.06. The Morgan fingerprint density at radius 3 is 2.63 bits per heavy atom. The number of amides is 4. The maximum Gasteiger partial charge on any atom is 0.325 e. The van der Waals surface area contributed by atoms with Crippen LogP contribution < -0.4 is 16.0 Å². The smallest absolute Gasteiger partial charge is 0.325 e. The Labute approximate surface area is 162 Å². The van der Waals surface area contributed by atoms with Gasteiger partial charge in [0, 0.05) is 13.1 Å². The van der Waals surface area contributed by atoms with Gasteiger partial charge in [0.1, 0.15) is 17.9 Å². The standard InChI is InChI=1S/C18H21FN4O3.ClH/c1-18(13-2-4-14(19)5-3-13)16(25)23(17(26)22-18)11-15(24)21-10-12-6-8-20-9-7-12;/h2-6,20H,7-11H2,1H3,(H,21,24)(H,22,26);1H. The molecule has 3 N–H and O–H groups in total. The van der Waals surface area contributed by atoms with Gasteiger partial charge < -0.3 is 16.0 Å². The van der Waals surface area contributed by atoms with Crippen LogP contribution in [-0.4, -0.2) is 48.9 Å². The van der Waals surface area contributed by atoms with Gasteiger partial charge in [-0.05, 0) is 37.6 Å². The van der Waals surface area contributed by atoms with Gasteiger partial charge in [0.25, 0.3) is 5.91 Å². The van der Waals surface area contributed by atoms with E-state index >= 15 is 0 Å². The molecule has 0 aromatic heterocycles. The van der Waals surface area contributed by atoms with Crippen molar-refractivity contribution in [2.24, 2.45) is 0 Å².